The molecule has 6 rings (SSSR count). The number of anilines is 5. The predicted octanol–water partition coefficient (Wildman–Crippen LogP) is 10.7. The smallest absolute Gasteiger partial charge is 0.110 e. The van der Waals surface area contributed by atoms with Crippen LogP contribution < -0.4 is 9.80 Å². The number of hydrogen-bond acceptors (Lipinski definition) is 4. The molecule has 6 aromatic carbocycles. The fourth-order valence-corrected chi connectivity index (χ4v) is 5.05. The van der Waals surface area contributed by atoms with Crippen LogP contribution in [0.2, 0.25) is 0 Å². The van der Waals surface area contributed by atoms with Crippen molar-refractivity contribution in [2.24, 2.45) is 5.18 Å². The van der Waals surface area contributed by atoms with Crippen molar-refractivity contribution in [1.82, 2.24) is 0 Å². The van der Waals surface area contributed by atoms with Gasteiger partial charge in [-0.15, -0.1) is 4.91 Å². The molecule has 0 aliphatic rings. The van der Waals surface area contributed by atoms with E-state index in [9.17, 15) is 4.91 Å². The molecule has 0 atom stereocenters. The lowest BCUT2D eigenvalue weighted by molar-refractivity contribution is 1.21. The second-order valence-electron chi connectivity index (χ2n) is 9.85. The summed E-state index contributed by atoms with van der Waals surface area (Å²) in [7, 11) is 1.98. The number of benzene rings is 6. The van der Waals surface area contributed by atoms with Crippen LogP contribution in [-0.2, 0) is 0 Å². The molecule has 0 aliphatic heterocycles. The number of para-hydroxylation sites is 1. The molecule has 4 nitrogen and oxygen atoms in total. The van der Waals surface area contributed by atoms with E-state index < -0.39 is 0 Å². The lowest BCUT2D eigenvalue weighted by Crippen LogP contribution is -2.09. The first kappa shape index (κ1) is 25.8. The van der Waals surface area contributed by atoms with Crippen molar-refractivity contribution in [2.45, 2.75) is 0 Å². The molecule has 0 N–H and O–H groups in total. The molecule has 0 fully saturated rings. The summed E-state index contributed by atoms with van der Waals surface area (Å²) in [5, 5.41) is 3.06. The minimum absolute atomic E-state index is 0.419. The van der Waals surface area contributed by atoms with Gasteiger partial charge in [0.2, 0.25) is 0 Å². The van der Waals surface area contributed by atoms with Gasteiger partial charge in [0.15, 0.2) is 0 Å². The highest BCUT2D eigenvalue weighted by Gasteiger charge is 2.13. The van der Waals surface area contributed by atoms with E-state index in [0.29, 0.717) is 5.69 Å². The van der Waals surface area contributed by atoms with Gasteiger partial charge in [-0.1, -0.05) is 91.0 Å². The molecule has 0 bridgehead atoms. The van der Waals surface area contributed by atoms with Gasteiger partial charge in [-0.3, -0.25) is 0 Å². The number of hydrogen-bond donors (Lipinski definition) is 0. The Hall–Kier alpha value is -5.48. The average Bonchev–Trinajstić information content (AvgIpc) is 3.06. The van der Waals surface area contributed by atoms with E-state index >= 15 is 0 Å². The molecule has 0 spiro atoms. The highest BCUT2D eigenvalue weighted by molar-refractivity contribution is 5.80. The Kier molecular flexibility index (Phi) is 7.37. The lowest BCUT2D eigenvalue weighted by atomic mass is 10.0. The Balaban J connectivity index is 1.26. The van der Waals surface area contributed by atoms with E-state index in [1.54, 1.807) is 12.1 Å². The monoisotopic (exact) mass is 531 g/mol. The number of nitrogens with zero attached hydrogens (tertiary/aromatic N) is 3. The van der Waals surface area contributed by atoms with Crippen LogP contribution in [0.1, 0.15) is 0 Å². The maximum atomic E-state index is 10.9. The molecule has 0 aliphatic carbocycles. The Labute approximate surface area is 240 Å². The van der Waals surface area contributed by atoms with Crippen LogP contribution in [0, 0.1) is 4.91 Å². The average molecular weight is 532 g/mol. The maximum absolute atomic E-state index is 10.9. The van der Waals surface area contributed by atoms with Crippen molar-refractivity contribution in [2.75, 3.05) is 16.8 Å². The van der Waals surface area contributed by atoms with E-state index in [4.69, 9.17) is 0 Å². The summed E-state index contributed by atoms with van der Waals surface area (Å²) in [4.78, 5) is 15.3. The van der Waals surface area contributed by atoms with Gasteiger partial charge >= 0.3 is 0 Å². The van der Waals surface area contributed by atoms with Gasteiger partial charge in [0.1, 0.15) is 5.69 Å². The summed E-state index contributed by atoms with van der Waals surface area (Å²) in [5.41, 5.74) is 10.3. The SMILES string of the molecule is CN(c1ccc(-c2ccc(N(c3ccccc3)c3ccc(-c4ccccc4)cc3)cc2)cc1)c1cccc(N=O)c1. The van der Waals surface area contributed by atoms with Gasteiger partial charge in [-0.25, -0.2) is 0 Å². The fourth-order valence-electron chi connectivity index (χ4n) is 5.05. The minimum Gasteiger partial charge on any atom is -0.345 e. The van der Waals surface area contributed by atoms with Gasteiger partial charge in [-0.05, 0) is 94.2 Å². The summed E-state index contributed by atoms with van der Waals surface area (Å²) >= 11 is 0. The first-order valence-corrected chi connectivity index (χ1v) is 13.6. The first-order valence-electron chi connectivity index (χ1n) is 13.6. The van der Waals surface area contributed by atoms with Crippen LogP contribution in [0.3, 0.4) is 0 Å². The highest BCUT2D eigenvalue weighted by atomic mass is 16.3. The van der Waals surface area contributed by atoms with Gasteiger partial charge in [-0.2, -0.15) is 0 Å². The molecule has 0 saturated heterocycles. The van der Waals surface area contributed by atoms with Crippen molar-refractivity contribution in [3.05, 3.63) is 163 Å². The van der Waals surface area contributed by atoms with Gasteiger partial charge in [0.25, 0.3) is 0 Å². The van der Waals surface area contributed by atoms with Crippen LogP contribution in [-0.4, -0.2) is 7.05 Å². The lowest BCUT2D eigenvalue weighted by Gasteiger charge is -2.26. The molecule has 0 saturated carbocycles. The van der Waals surface area contributed by atoms with Crippen LogP contribution in [0.15, 0.2) is 163 Å². The zero-order valence-electron chi connectivity index (χ0n) is 22.8. The van der Waals surface area contributed by atoms with Crippen molar-refractivity contribution in [3.8, 4) is 22.3 Å². The normalized spacial score (nSPS) is 10.7. The van der Waals surface area contributed by atoms with E-state index in [0.717, 1.165) is 39.6 Å². The van der Waals surface area contributed by atoms with Gasteiger partial charge in [0.05, 0.1) is 0 Å². The van der Waals surface area contributed by atoms with Crippen molar-refractivity contribution in [1.29, 1.82) is 0 Å². The molecule has 0 aromatic heterocycles. The van der Waals surface area contributed by atoms with E-state index in [-0.39, 0.29) is 0 Å². The van der Waals surface area contributed by atoms with E-state index in [1.165, 1.54) is 11.1 Å². The quantitative estimate of drug-likeness (QED) is 0.183. The van der Waals surface area contributed by atoms with Crippen LogP contribution in [0.25, 0.3) is 22.3 Å². The molecular weight excluding hydrogens is 502 g/mol. The van der Waals surface area contributed by atoms with Gasteiger partial charge < -0.3 is 9.80 Å². The van der Waals surface area contributed by atoms with Crippen molar-refractivity contribution < 1.29 is 0 Å². The summed E-state index contributed by atoms with van der Waals surface area (Å²) in [6.07, 6.45) is 0. The second kappa shape index (κ2) is 11.7. The van der Waals surface area contributed by atoms with Gasteiger partial charge in [0, 0.05) is 35.5 Å². The Morgan fingerprint density at radius 1 is 0.415 bits per heavy atom. The third-order valence-electron chi connectivity index (χ3n) is 7.28. The molecule has 6 aromatic rings. The molecule has 0 amide bonds. The van der Waals surface area contributed by atoms with Crippen molar-refractivity contribution >= 4 is 34.1 Å². The van der Waals surface area contributed by atoms with Crippen LogP contribution in [0.5, 0.6) is 0 Å². The molecule has 0 unspecified atom stereocenters. The summed E-state index contributed by atoms with van der Waals surface area (Å²) in [6.45, 7) is 0. The maximum Gasteiger partial charge on any atom is 0.110 e. The first-order chi connectivity index (χ1) is 20.2. The Morgan fingerprint density at radius 2 is 0.829 bits per heavy atom. The summed E-state index contributed by atoms with van der Waals surface area (Å²) in [6, 6.07) is 54.0. The molecule has 198 valence electrons. The largest absolute Gasteiger partial charge is 0.345 e. The molecule has 41 heavy (non-hydrogen) atoms. The Morgan fingerprint density at radius 3 is 1.34 bits per heavy atom. The minimum atomic E-state index is 0.419. The topological polar surface area (TPSA) is 35.9 Å². The molecule has 4 heteroatoms. The van der Waals surface area contributed by atoms with E-state index in [1.807, 2.05) is 36.2 Å². The predicted molar refractivity (Wildman–Crippen MR) is 172 cm³/mol. The second-order valence-corrected chi connectivity index (χ2v) is 9.85. The number of rotatable bonds is 8. The Bertz CT molecular complexity index is 1730. The van der Waals surface area contributed by atoms with Crippen LogP contribution in [0.4, 0.5) is 34.1 Å². The number of nitroso groups, excluding NO2 is 1. The highest BCUT2D eigenvalue weighted by Crippen LogP contribution is 2.37. The third kappa shape index (κ3) is 5.63. The standard InChI is InChI=1S/C37H29N3O/c1-39(37-14-8-11-32(27-37)38-41)33-21-15-30(16-22-33)31-19-25-36(26-20-31)40(34-12-6-3-7-13-34)35-23-17-29(18-24-35)28-9-4-2-5-10-28/h2-27H,1H3. The van der Waals surface area contributed by atoms with Crippen molar-refractivity contribution in [3.63, 3.8) is 0 Å². The van der Waals surface area contributed by atoms with Crippen LogP contribution >= 0.6 is 0 Å². The zero-order chi connectivity index (χ0) is 28.0. The molecule has 0 radical (unpaired) electrons. The molecular formula is C37H29N3O. The zero-order valence-corrected chi connectivity index (χ0v) is 22.8. The van der Waals surface area contributed by atoms with E-state index in [2.05, 4.69) is 131 Å². The molecule has 0 heterocycles. The summed E-state index contributed by atoms with van der Waals surface area (Å²) < 4.78 is 0. The third-order valence-corrected chi connectivity index (χ3v) is 7.28. The summed E-state index contributed by atoms with van der Waals surface area (Å²) in [5.74, 6) is 0. The fraction of sp³-hybridized carbons (Fsp3) is 0.0270.